The Balaban J connectivity index is 0. The Labute approximate surface area is 100 Å². The van der Waals surface area contributed by atoms with E-state index in [1.165, 1.54) is 0 Å². The first-order chi connectivity index (χ1) is 8.11. The van der Waals surface area contributed by atoms with Gasteiger partial charge in [0.2, 0.25) is 0 Å². The Kier molecular flexibility index (Phi) is 10.3. The number of ether oxygens (including phenoxy) is 1. The summed E-state index contributed by atoms with van der Waals surface area (Å²) in [6.07, 6.45) is -8.17. The fourth-order valence-corrected chi connectivity index (χ4v) is 0.537. The van der Waals surface area contributed by atoms with Gasteiger partial charge in [-0.1, -0.05) is 13.3 Å². The standard InChI is InChI=1S/C6H14O2.C3H2F6O/c1-2-3-5-8-6-4-7;4-1(5)2(6,10)3(7,8)9/h7H,2-6H2,1H3;1,10H. The summed E-state index contributed by atoms with van der Waals surface area (Å²) >= 11 is 0. The van der Waals surface area contributed by atoms with E-state index in [2.05, 4.69) is 6.92 Å². The molecule has 0 radical (unpaired) electrons. The molecule has 1 atom stereocenters. The Morgan fingerprint density at radius 2 is 1.61 bits per heavy atom. The molecule has 2 N–H and O–H groups in total. The van der Waals surface area contributed by atoms with E-state index in [0.717, 1.165) is 19.4 Å². The molecule has 0 aromatic rings. The molecule has 0 heterocycles. The molecule has 0 aliphatic rings. The van der Waals surface area contributed by atoms with Gasteiger partial charge in [-0.3, -0.25) is 0 Å². The van der Waals surface area contributed by atoms with Crippen LogP contribution in [-0.2, 0) is 4.74 Å². The zero-order chi connectivity index (χ0) is 14.8. The Morgan fingerprint density at radius 3 is 1.83 bits per heavy atom. The molecule has 1 unspecified atom stereocenters. The van der Waals surface area contributed by atoms with Gasteiger partial charge in [0.05, 0.1) is 13.2 Å². The highest BCUT2D eigenvalue weighted by Crippen LogP contribution is 2.36. The lowest BCUT2D eigenvalue weighted by Crippen LogP contribution is -2.47. The monoisotopic (exact) mass is 286 g/mol. The van der Waals surface area contributed by atoms with Gasteiger partial charge in [-0.05, 0) is 6.42 Å². The number of rotatable bonds is 6. The lowest BCUT2D eigenvalue weighted by molar-refractivity contribution is -0.352. The highest BCUT2D eigenvalue weighted by molar-refractivity contribution is 4.76. The van der Waals surface area contributed by atoms with Crippen LogP contribution < -0.4 is 0 Å². The van der Waals surface area contributed by atoms with Crippen molar-refractivity contribution in [3.63, 3.8) is 0 Å². The fraction of sp³-hybridized carbons (Fsp3) is 1.00. The van der Waals surface area contributed by atoms with Gasteiger partial charge in [0.25, 0.3) is 0 Å². The van der Waals surface area contributed by atoms with Crippen LogP contribution in [-0.4, -0.2) is 48.5 Å². The summed E-state index contributed by atoms with van der Waals surface area (Å²) in [5.74, 6) is -5.40. The van der Waals surface area contributed by atoms with E-state index >= 15 is 0 Å². The summed E-state index contributed by atoms with van der Waals surface area (Å²) in [5.41, 5.74) is 0. The molecule has 0 rings (SSSR count). The van der Waals surface area contributed by atoms with Crippen molar-refractivity contribution in [2.24, 2.45) is 0 Å². The van der Waals surface area contributed by atoms with Gasteiger partial charge in [-0.25, -0.2) is 8.78 Å². The summed E-state index contributed by atoms with van der Waals surface area (Å²) in [5, 5.41) is 15.6. The molecule has 0 aliphatic heterocycles. The molecule has 3 nitrogen and oxygen atoms in total. The number of unbranched alkanes of at least 4 members (excludes halogenated alkanes) is 1. The smallest absolute Gasteiger partial charge is 0.394 e. The lowest BCUT2D eigenvalue weighted by atomic mass is 10.3. The largest absolute Gasteiger partial charge is 0.454 e. The maximum Gasteiger partial charge on any atom is 0.454 e. The van der Waals surface area contributed by atoms with Crippen molar-refractivity contribution in [1.82, 2.24) is 0 Å². The molecule has 0 saturated carbocycles. The second kappa shape index (κ2) is 9.40. The first-order valence-corrected chi connectivity index (χ1v) is 5.06. The van der Waals surface area contributed by atoms with Crippen LogP contribution in [0.3, 0.4) is 0 Å². The molecule has 0 saturated heterocycles. The van der Waals surface area contributed by atoms with E-state index in [4.69, 9.17) is 14.9 Å². The third-order valence-electron chi connectivity index (χ3n) is 1.56. The van der Waals surface area contributed by atoms with Crippen LogP contribution in [0.1, 0.15) is 19.8 Å². The first-order valence-electron chi connectivity index (χ1n) is 5.06. The topological polar surface area (TPSA) is 49.7 Å². The minimum atomic E-state index is -5.94. The predicted octanol–water partition coefficient (Wildman–Crippen LogP) is 2.27. The third kappa shape index (κ3) is 8.54. The van der Waals surface area contributed by atoms with E-state index < -0.39 is 18.5 Å². The molecular formula is C9H16F6O3. The fourth-order valence-electron chi connectivity index (χ4n) is 0.537. The number of aliphatic hydroxyl groups excluding tert-OH is 1. The van der Waals surface area contributed by atoms with Crippen molar-refractivity contribution in [2.45, 2.75) is 38.2 Å². The van der Waals surface area contributed by atoms with Crippen LogP contribution in [0.5, 0.6) is 0 Å². The molecule has 0 fully saturated rings. The van der Waals surface area contributed by atoms with Crippen LogP contribution >= 0.6 is 0 Å². The maximum absolute atomic E-state index is 11.4. The van der Waals surface area contributed by atoms with E-state index in [9.17, 15) is 26.3 Å². The number of halogens is 6. The Morgan fingerprint density at radius 1 is 1.11 bits per heavy atom. The minimum Gasteiger partial charge on any atom is -0.394 e. The van der Waals surface area contributed by atoms with Gasteiger partial charge in [0.15, 0.2) is 0 Å². The molecule has 0 bridgehead atoms. The second-order valence-corrected chi connectivity index (χ2v) is 3.16. The molecule has 0 amide bonds. The van der Waals surface area contributed by atoms with Crippen molar-refractivity contribution in [1.29, 1.82) is 0 Å². The van der Waals surface area contributed by atoms with Crippen LogP contribution in [0.25, 0.3) is 0 Å². The molecule has 0 spiro atoms. The number of hydrogen-bond donors (Lipinski definition) is 2. The van der Waals surface area contributed by atoms with E-state index in [1.807, 2.05) is 0 Å². The number of aliphatic hydroxyl groups is 2. The van der Waals surface area contributed by atoms with Gasteiger partial charge >= 0.3 is 18.5 Å². The van der Waals surface area contributed by atoms with E-state index in [0.29, 0.717) is 6.61 Å². The van der Waals surface area contributed by atoms with Crippen molar-refractivity contribution in [3.8, 4) is 0 Å². The molecule has 18 heavy (non-hydrogen) atoms. The molecule has 112 valence electrons. The summed E-state index contributed by atoms with van der Waals surface area (Å²) in [4.78, 5) is 0. The van der Waals surface area contributed by atoms with Crippen molar-refractivity contribution < 1.29 is 41.3 Å². The molecule has 0 aromatic heterocycles. The quantitative estimate of drug-likeness (QED) is 0.581. The van der Waals surface area contributed by atoms with Gasteiger partial charge in [-0.15, -0.1) is 0 Å². The summed E-state index contributed by atoms with van der Waals surface area (Å²) in [6.45, 7) is 3.53. The molecule has 9 heteroatoms. The minimum absolute atomic E-state index is 0.143. The molecular weight excluding hydrogens is 270 g/mol. The predicted molar refractivity (Wildman–Crippen MR) is 50.9 cm³/mol. The zero-order valence-electron chi connectivity index (χ0n) is 9.68. The average Bonchev–Trinajstić information content (AvgIpc) is 2.23. The van der Waals surface area contributed by atoms with Crippen LogP contribution in [0.15, 0.2) is 0 Å². The van der Waals surface area contributed by atoms with Gasteiger partial charge < -0.3 is 14.9 Å². The number of hydrogen-bond acceptors (Lipinski definition) is 3. The SMILES string of the molecule is CCCCOCCO.OC(F)(C(F)F)C(F)(F)F. The zero-order valence-corrected chi connectivity index (χ0v) is 9.68. The summed E-state index contributed by atoms with van der Waals surface area (Å²) in [7, 11) is 0. The maximum atomic E-state index is 11.4. The van der Waals surface area contributed by atoms with Gasteiger partial charge in [-0.2, -0.15) is 17.6 Å². The highest BCUT2D eigenvalue weighted by Gasteiger charge is 2.62. The lowest BCUT2D eigenvalue weighted by Gasteiger charge is -2.20. The van der Waals surface area contributed by atoms with Crippen LogP contribution in [0.4, 0.5) is 26.3 Å². The average molecular weight is 286 g/mol. The van der Waals surface area contributed by atoms with E-state index in [1.54, 1.807) is 0 Å². The normalized spacial score (nSPS) is 15.0. The number of alkyl halides is 6. The second-order valence-electron chi connectivity index (χ2n) is 3.16. The molecule has 0 aromatic carbocycles. The third-order valence-corrected chi connectivity index (χ3v) is 1.56. The van der Waals surface area contributed by atoms with Gasteiger partial charge in [0.1, 0.15) is 0 Å². The Hall–Kier alpha value is -0.540. The van der Waals surface area contributed by atoms with Crippen molar-refractivity contribution in [3.05, 3.63) is 0 Å². The summed E-state index contributed by atoms with van der Waals surface area (Å²) < 4.78 is 71.2. The van der Waals surface area contributed by atoms with E-state index in [-0.39, 0.29) is 6.61 Å². The Bertz CT molecular complexity index is 189. The van der Waals surface area contributed by atoms with Crippen LogP contribution in [0.2, 0.25) is 0 Å². The summed E-state index contributed by atoms with van der Waals surface area (Å²) in [6, 6.07) is 0. The van der Waals surface area contributed by atoms with Crippen molar-refractivity contribution in [2.75, 3.05) is 19.8 Å². The van der Waals surface area contributed by atoms with Crippen LogP contribution in [0, 0.1) is 0 Å². The molecule has 0 aliphatic carbocycles. The highest BCUT2D eigenvalue weighted by atomic mass is 19.4. The van der Waals surface area contributed by atoms with Gasteiger partial charge in [0, 0.05) is 6.61 Å². The van der Waals surface area contributed by atoms with Crippen molar-refractivity contribution >= 4 is 0 Å². The first kappa shape index (κ1) is 19.8.